The highest BCUT2D eigenvalue weighted by Gasteiger charge is 2.41. The van der Waals surface area contributed by atoms with E-state index >= 15 is 0 Å². The minimum atomic E-state index is -0.0225. The van der Waals surface area contributed by atoms with Crippen molar-refractivity contribution in [3.05, 3.63) is 115 Å². The summed E-state index contributed by atoms with van der Waals surface area (Å²) in [7, 11) is 0. The SMILES string of the molecule is CCC1(CC)c2ccccc2-c2cc3c(cc21)oc1cccc(-c2nc(-c4ccccn4)nc(-c4ccccn4)n2)c13. The molecule has 8 rings (SSSR count). The van der Waals surface area contributed by atoms with Crippen LogP contribution in [0.3, 0.4) is 0 Å². The molecule has 0 spiro atoms. The number of furan rings is 1. The Morgan fingerprint density at radius 1 is 0.571 bits per heavy atom. The molecule has 0 unspecified atom stereocenters. The number of rotatable bonds is 5. The summed E-state index contributed by atoms with van der Waals surface area (Å²) in [6.07, 6.45) is 5.55. The van der Waals surface area contributed by atoms with Crippen LogP contribution in [0.2, 0.25) is 0 Å². The highest BCUT2D eigenvalue weighted by atomic mass is 16.3. The van der Waals surface area contributed by atoms with Gasteiger partial charge >= 0.3 is 0 Å². The number of benzene rings is 3. The van der Waals surface area contributed by atoms with E-state index in [1.807, 2.05) is 48.5 Å². The van der Waals surface area contributed by atoms with Crippen molar-refractivity contribution in [2.24, 2.45) is 0 Å². The Morgan fingerprint density at radius 3 is 1.88 bits per heavy atom. The van der Waals surface area contributed by atoms with Gasteiger partial charge in [-0.2, -0.15) is 0 Å². The van der Waals surface area contributed by atoms with Crippen LogP contribution in [0, 0.1) is 0 Å². The van der Waals surface area contributed by atoms with Crippen molar-refractivity contribution in [1.29, 1.82) is 0 Å². The minimum Gasteiger partial charge on any atom is -0.456 e. The zero-order valence-electron chi connectivity index (χ0n) is 23.4. The molecule has 0 saturated heterocycles. The van der Waals surface area contributed by atoms with Crippen LogP contribution in [0.5, 0.6) is 0 Å². The Kier molecular flexibility index (Phi) is 5.51. The molecule has 3 aromatic carbocycles. The molecule has 0 fully saturated rings. The molecule has 202 valence electrons. The molecule has 0 radical (unpaired) electrons. The molecule has 4 heterocycles. The Hall–Kier alpha value is -5.23. The van der Waals surface area contributed by atoms with Crippen LogP contribution in [-0.4, -0.2) is 24.9 Å². The van der Waals surface area contributed by atoms with Gasteiger partial charge in [0.2, 0.25) is 0 Å². The molecule has 42 heavy (non-hydrogen) atoms. The lowest BCUT2D eigenvalue weighted by molar-refractivity contribution is 0.490. The van der Waals surface area contributed by atoms with Gasteiger partial charge in [0.1, 0.15) is 22.6 Å². The molecule has 6 nitrogen and oxygen atoms in total. The van der Waals surface area contributed by atoms with Gasteiger partial charge in [0.25, 0.3) is 0 Å². The molecular weight excluding hydrogens is 518 g/mol. The molecule has 1 aliphatic carbocycles. The van der Waals surface area contributed by atoms with Gasteiger partial charge in [0.05, 0.1) is 0 Å². The lowest BCUT2D eigenvalue weighted by Crippen LogP contribution is -2.22. The van der Waals surface area contributed by atoms with Crippen molar-refractivity contribution in [3.63, 3.8) is 0 Å². The normalized spacial score (nSPS) is 13.4. The van der Waals surface area contributed by atoms with E-state index in [9.17, 15) is 0 Å². The molecule has 1 aliphatic rings. The molecule has 6 heteroatoms. The van der Waals surface area contributed by atoms with E-state index in [2.05, 4.69) is 66.3 Å². The predicted octanol–water partition coefficient (Wildman–Crippen LogP) is 8.65. The van der Waals surface area contributed by atoms with Gasteiger partial charge in [-0.25, -0.2) is 15.0 Å². The second-order valence-corrected chi connectivity index (χ2v) is 10.7. The van der Waals surface area contributed by atoms with Gasteiger partial charge in [-0.1, -0.05) is 62.4 Å². The summed E-state index contributed by atoms with van der Waals surface area (Å²) in [5.41, 5.74) is 9.21. The highest BCUT2D eigenvalue weighted by molar-refractivity contribution is 6.13. The van der Waals surface area contributed by atoms with E-state index in [1.165, 1.54) is 22.3 Å². The standard InChI is InChI=1S/C36H27N5O/c1-3-36(4-2)26-14-6-5-12-22(26)24-20-25-31(21-27(24)36)42-30-17-11-13-23(32(25)30)33-39-34(28-15-7-9-18-37-28)41-35(40-33)29-16-8-10-19-38-29/h5-21H,3-4H2,1-2H3. The van der Waals surface area contributed by atoms with E-state index in [1.54, 1.807) is 12.4 Å². The van der Waals surface area contributed by atoms with Crippen LogP contribution in [0.25, 0.3) is 67.5 Å². The Morgan fingerprint density at radius 2 is 1.21 bits per heavy atom. The fraction of sp³-hybridized carbons (Fsp3) is 0.139. The van der Waals surface area contributed by atoms with Crippen molar-refractivity contribution in [3.8, 4) is 45.6 Å². The molecule has 0 aliphatic heterocycles. The Labute approximate surface area is 243 Å². The third-order valence-corrected chi connectivity index (χ3v) is 8.75. The van der Waals surface area contributed by atoms with E-state index in [4.69, 9.17) is 19.4 Å². The van der Waals surface area contributed by atoms with Crippen molar-refractivity contribution >= 4 is 21.9 Å². The third-order valence-electron chi connectivity index (χ3n) is 8.75. The first-order valence-corrected chi connectivity index (χ1v) is 14.4. The molecule has 0 bridgehead atoms. The Bertz CT molecular complexity index is 2060. The third kappa shape index (κ3) is 3.54. The summed E-state index contributed by atoms with van der Waals surface area (Å²) in [6.45, 7) is 4.57. The maximum atomic E-state index is 6.55. The summed E-state index contributed by atoms with van der Waals surface area (Å²) in [5.74, 6) is 1.55. The van der Waals surface area contributed by atoms with Gasteiger partial charge in [0, 0.05) is 34.1 Å². The fourth-order valence-corrected chi connectivity index (χ4v) is 6.68. The predicted molar refractivity (Wildman–Crippen MR) is 166 cm³/mol. The van der Waals surface area contributed by atoms with Crippen molar-refractivity contribution in [2.75, 3.05) is 0 Å². The van der Waals surface area contributed by atoms with Crippen LogP contribution in [-0.2, 0) is 5.41 Å². The smallest absolute Gasteiger partial charge is 0.182 e. The van der Waals surface area contributed by atoms with E-state index in [0.717, 1.165) is 40.3 Å². The zero-order valence-corrected chi connectivity index (χ0v) is 23.4. The second-order valence-electron chi connectivity index (χ2n) is 10.7. The summed E-state index contributed by atoms with van der Waals surface area (Å²) in [4.78, 5) is 23.7. The van der Waals surface area contributed by atoms with Crippen LogP contribution < -0.4 is 0 Å². The van der Waals surface area contributed by atoms with E-state index in [-0.39, 0.29) is 5.41 Å². The molecule has 7 aromatic rings. The average Bonchev–Trinajstić information content (AvgIpc) is 3.57. The largest absolute Gasteiger partial charge is 0.456 e. The maximum absolute atomic E-state index is 6.55. The molecule has 0 atom stereocenters. The molecule has 0 N–H and O–H groups in total. The number of hydrogen-bond acceptors (Lipinski definition) is 6. The monoisotopic (exact) mass is 545 g/mol. The van der Waals surface area contributed by atoms with Crippen LogP contribution in [0.4, 0.5) is 0 Å². The molecule has 0 saturated carbocycles. The van der Waals surface area contributed by atoms with Gasteiger partial charge in [-0.3, -0.25) is 9.97 Å². The summed E-state index contributed by atoms with van der Waals surface area (Å²) in [6, 6.07) is 30.9. The van der Waals surface area contributed by atoms with E-state index < -0.39 is 0 Å². The average molecular weight is 546 g/mol. The molecule has 4 aromatic heterocycles. The summed E-state index contributed by atoms with van der Waals surface area (Å²) in [5, 5.41) is 2.04. The van der Waals surface area contributed by atoms with Crippen LogP contribution >= 0.6 is 0 Å². The first-order chi connectivity index (χ1) is 20.7. The van der Waals surface area contributed by atoms with Crippen molar-refractivity contribution in [1.82, 2.24) is 24.9 Å². The Balaban J connectivity index is 1.41. The quantitative estimate of drug-likeness (QED) is 0.215. The molecule has 0 amide bonds. The van der Waals surface area contributed by atoms with E-state index in [0.29, 0.717) is 28.9 Å². The zero-order chi connectivity index (χ0) is 28.3. The first kappa shape index (κ1) is 24.6. The number of nitrogens with zero attached hydrogens (tertiary/aromatic N) is 5. The number of aromatic nitrogens is 5. The summed E-state index contributed by atoms with van der Waals surface area (Å²) < 4.78 is 6.55. The maximum Gasteiger partial charge on any atom is 0.182 e. The molecular formula is C36H27N5O. The number of pyridine rings is 2. The fourth-order valence-electron chi connectivity index (χ4n) is 6.68. The van der Waals surface area contributed by atoms with Gasteiger partial charge in [0.15, 0.2) is 17.5 Å². The minimum absolute atomic E-state index is 0.0225. The second kappa shape index (κ2) is 9.42. The lowest BCUT2D eigenvalue weighted by Gasteiger charge is -2.29. The first-order valence-electron chi connectivity index (χ1n) is 14.4. The highest BCUT2D eigenvalue weighted by Crippen LogP contribution is 2.54. The van der Waals surface area contributed by atoms with Crippen molar-refractivity contribution in [2.45, 2.75) is 32.1 Å². The van der Waals surface area contributed by atoms with Gasteiger partial charge in [-0.05, 0) is 77.6 Å². The number of fused-ring (bicyclic) bond motifs is 6. The van der Waals surface area contributed by atoms with Crippen LogP contribution in [0.15, 0.2) is 108 Å². The van der Waals surface area contributed by atoms with Crippen molar-refractivity contribution < 1.29 is 4.42 Å². The lowest BCUT2D eigenvalue weighted by atomic mass is 9.74. The van der Waals surface area contributed by atoms with Crippen LogP contribution in [0.1, 0.15) is 37.8 Å². The van der Waals surface area contributed by atoms with Gasteiger partial charge in [-0.15, -0.1) is 0 Å². The number of hydrogen-bond donors (Lipinski definition) is 0. The summed E-state index contributed by atoms with van der Waals surface area (Å²) >= 11 is 0. The van der Waals surface area contributed by atoms with Gasteiger partial charge < -0.3 is 4.42 Å². The topological polar surface area (TPSA) is 77.6 Å².